The highest BCUT2D eigenvalue weighted by atomic mass is 16.5. The molecule has 2 heteroatoms. The highest BCUT2D eigenvalue weighted by Gasteiger charge is 2.11. The second kappa shape index (κ2) is 12.0. The van der Waals surface area contributed by atoms with Gasteiger partial charge in [0.05, 0.1) is 0 Å². The molecule has 20 heavy (non-hydrogen) atoms. The van der Waals surface area contributed by atoms with Crippen molar-refractivity contribution < 1.29 is 9.53 Å². The van der Waals surface area contributed by atoms with Crippen LogP contribution in [0.25, 0.3) is 0 Å². The maximum Gasteiger partial charge on any atom is 0.306 e. The quantitative estimate of drug-likeness (QED) is 0.464. The summed E-state index contributed by atoms with van der Waals surface area (Å²) in [4.78, 5) is 11.8. The van der Waals surface area contributed by atoms with Crippen molar-refractivity contribution in [1.29, 1.82) is 0 Å². The molecule has 0 aromatic rings. The Labute approximate surface area is 125 Å². The van der Waals surface area contributed by atoms with Crippen LogP contribution in [0.4, 0.5) is 0 Å². The van der Waals surface area contributed by atoms with E-state index in [-0.39, 0.29) is 12.1 Å². The Morgan fingerprint density at radius 3 is 2.25 bits per heavy atom. The maximum absolute atomic E-state index is 11.8. The van der Waals surface area contributed by atoms with Gasteiger partial charge < -0.3 is 4.74 Å². The van der Waals surface area contributed by atoms with E-state index >= 15 is 0 Å². The van der Waals surface area contributed by atoms with Crippen molar-refractivity contribution in [2.45, 2.75) is 96.5 Å². The summed E-state index contributed by atoms with van der Waals surface area (Å²) in [6.07, 6.45) is 19.5. The van der Waals surface area contributed by atoms with Gasteiger partial charge in [0.1, 0.15) is 6.10 Å². The van der Waals surface area contributed by atoms with Gasteiger partial charge in [-0.15, -0.1) is 0 Å². The van der Waals surface area contributed by atoms with Crippen LogP contribution in [0.1, 0.15) is 90.4 Å². The average molecular weight is 280 g/mol. The van der Waals surface area contributed by atoms with E-state index in [4.69, 9.17) is 4.74 Å². The third-order valence-electron chi connectivity index (χ3n) is 4.07. The van der Waals surface area contributed by atoms with Gasteiger partial charge in [0.15, 0.2) is 0 Å². The molecule has 1 rings (SSSR count). The van der Waals surface area contributed by atoms with E-state index in [9.17, 15) is 4.79 Å². The van der Waals surface area contributed by atoms with Crippen molar-refractivity contribution in [3.8, 4) is 0 Å². The lowest BCUT2D eigenvalue weighted by Crippen LogP contribution is -2.17. The lowest BCUT2D eigenvalue weighted by molar-refractivity contribution is -0.149. The molecule has 0 bridgehead atoms. The highest BCUT2D eigenvalue weighted by molar-refractivity contribution is 5.69. The van der Waals surface area contributed by atoms with Crippen LogP contribution < -0.4 is 0 Å². The second-order valence-electron chi connectivity index (χ2n) is 5.94. The molecule has 0 saturated carbocycles. The number of rotatable bonds is 1. The molecule has 1 aliphatic rings. The number of carbonyl (C=O) groups is 1. The molecule has 1 atom stereocenters. The molecule has 0 saturated heterocycles. The van der Waals surface area contributed by atoms with Gasteiger partial charge in [-0.2, -0.15) is 0 Å². The van der Waals surface area contributed by atoms with Crippen molar-refractivity contribution in [3.05, 3.63) is 12.2 Å². The minimum Gasteiger partial charge on any atom is -0.462 e. The molecule has 0 radical (unpaired) electrons. The summed E-state index contributed by atoms with van der Waals surface area (Å²) in [6.45, 7) is 2.11. The number of ether oxygens (including phenoxy) is 1. The molecule has 0 fully saturated rings. The average Bonchev–Trinajstić information content (AvgIpc) is 2.45. The van der Waals surface area contributed by atoms with Crippen LogP contribution in [0.15, 0.2) is 12.2 Å². The lowest BCUT2D eigenvalue weighted by atomic mass is 10.1. The smallest absolute Gasteiger partial charge is 0.306 e. The number of esters is 1. The predicted molar refractivity (Wildman–Crippen MR) is 84.7 cm³/mol. The van der Waals surface area contributed by atoms with E-state index in [2.05, 4.69) is 19.1 Å². The van der Waals surface area contributed by atoms with Gasteiger partial charge in [-0.25, -0.2) is 0 Å². The Morgan fingerprint density at radius 2 is 1.55 bits per heavy atom. The van der Waals surface area contributed by atoms with Crippen LogP contribution in [0, 0.1) is 0 Å². The van der Waals surface area contributed by atoms with Crippen LogP contribution in [-0.2, 0) is 9.53 Å². The van der Waals surface area contributed by atoms with Gasteiger partial charge in [-0.3, -0.25) is 4.79 Å². The summed E-state index contributed by atoms with van der Waals surface area (Å²) >= 11 is 0. The molecule has 1 aliphatic heterocycles. The molecule has 116 valence electrons. The molecule has 0 aromatic heterocycles. The molecule has 1 unspecified atom stereocenters. The zero-order valence-electron chi connectivity index (χ0n) is 13.2. The lowest BCUT2D eigenvalue weighted by Gasteiger charge is -2.16. The monoisotopic (exact) mass is 280 g/mol. The number of cyclic esters (lactones) is 1. The number of allylic oxidation sites excluding steroid dienone is 2. The maximum atomic E-state index is 11.8. The highest BCUT2D eigenvalue weighted by Crippen LogP contribution is 2.14. The first-order valence-corrected chi connectivity index (χ1v) is 8.67. The summed E-state index contributed by atoms with van der Waals surface area (Å²) in [5.41, 5.74) is 0. The van der Waals surface area contributed by atoms with E-state index in [1.807, 2.05) is 0 Å². The van der Waals surface area contributed by atoms with Crippen molar-refractivity contribution in [1.82, 2.24) is 0 Å². The van der Waals surface area contributed by atoms with Crippen molar-refractivity contribution >= 4 is 5.97 Å². The minimum atomic E-state index is 0.0165. The van der Waals surface area contributed by atoms with Gasteiger partial charge in [-0.1, -0.05) is 44.8 Å². The Kier molecular flexibility index (Phi) is 10.3. The van der Waals surface area contributed by atoms with Gasteiger partial charge >= 0.3 is 5.97 Å². The molecular formula is C18H32O2. The van der Waals surface area contributed by atoms with E-state index < -0.39 is 0 Å². The second-order valence-corrected chi connectivity index (χ2v) is 5.94. The molecule has 0 spiro atoms. The Balaban J connectivity index is 2.32. The Bertz CT molecular complexity index is 271. The molecule has 0 aliphatic carbocycles. The molecule has 2 nitrogen and oxygen atoms in total. The summed E-state index contributed by atoms with van der Waals surface area (Å²) in [5.74, 6) is 0.0165. The first kappa shape index (κ1) is 17.3. The Hall–Kier alpha value is -0.790. The molecule has 1 heterocycles. The zero-order chi connectivity index (χ0) is 14.5. The van der Waals surface area contributed by atoms with Crippen molar-refractivity contribution in [3.63, 3.8) is 0 Å². The topological polar surface area (TPSA) is 26.3 Å². The fourth-order valence-electron chi connectivity index (χ4n) is 2.70. The summed E-state index contributed by atoms with van der Waals surface area (Å²) in [6, 6.07) is 0. The molecular weight excluding hydrogens is 248 g/mol. The largest absolute Gasteiger partial charge is 0.462 e. The van der Waals surface area contributed by atoms with E-state index in [0.29, 0.717) is 6.42 Å². The first-order chi connectivity index (χ1) is 9.83. The predicted octanol–water partition coefficient (Wildman–Crippen LogP) is 5.56. The number of hydrogen-bond acceptors (Lipinski definition) is 2. The number of hydrogen-bond donors (Lipinski definition) is 0. The van der Waals surface area contributed by atoms with Crippen LogP contribution in [0.3, 0.4) is 0 Å². The summed E-state index contributed by atoms with van der Waals surface area (Å²) < 4.78 is 5.57. The standard InChI is InChI=1S/C18H32O2/c1-2-17-15-13-11-9-7-5-3-4-6-8-10-12-14-16-18(19)20-17/h3,5,17H,2,4,6-16H2,1H3/b5-3-. The fraction of sp³-hybridized carbons (Fsp3) is 0.833. The van der Waals surface area contributed by atoms with Gasteiger partial charge in [0.25, 0.3) is 0 Å². The first-order valence-electron chi connectivity index (χ1n) is 8.67. The van der Waals surface area contributed by atoms with Crippen LogP contribution >= 0.6 is 0 Å². The van der Waals surface area contributed by atoms with Crippen molar-refractivity contribution in [2.24, 2.45) is 0 Å². The van der Waals surface area contributed by atoms with Gasteiger partial charge in [0, 0.05) is 6.42 Å². The minimum absolute atomic E-state index is 0.0165. The van der Waals surface area contributed by atoms with Gasteiger partial charge in [0.2, 0.25) is 0 Å². The molecule has 0 aromatic carbocycles. The van der Waals surface area contributed by atoms with Crippen LogP contribution in [0.2, 0.25) is 0 Å². The van der Waals surface area contributed by atoms with E-state index in [1.54, 1.807) is 0 Å². The third kappa shape index (κ3) is 9.17. The van der Waals surface area contributed by atoms with E-state index in [1.165, 1.54) is 51.4 Å². The fourth-order valence-corrected chi connectivity index (χ4v) is 2.70. The third-order valence-corrected chi connectivity index (χ3v) is 4.07. The summed E-state index contributed by atoms with van der Waals surface area (Å²) in [5, 5.41) is 0. The SMILES string of the molecule is CCC1CCCCC/C=C\CCCCCCCC(=O)O1. The normalized spacial score (nSPS) is 26.4. The summed E-state index contributed by atoms with van der Waals surface area (Å²) in [7, 11) is 0. The number of carbonyl (C=O) groups excluding carboxylic acids is 1. The van der Waals surface area contributed by atoms with E-state index in [0.717, 1.165) is 25.7 Å². The Morgan fingerprint density at radius 1 is 0.950 bits per heavy atom. The van der Waals surface area contributed by atoms with Gasteiger partial charge in [-0.05, 0) is 51.4 Å². The zero-order valence-corrected chi connectivity index (χ0v) is 13.2. The molecule has 0 amide bonds. The van der Waals surface area contributed by atoms with Crippen LogP contribution in [-0.4, -0.2) is 12.1 Å². The van der Waals surface area contributed by atoms with Crippen LogP contribution in [0.5, 0.6) is 0 Å². The molecule has 0 N–H and O–H groups in total. The van der Waals surface area contributed by atoms with Crippen molar-refractivity contribution in [2.75, 3.05) is 0 Å².